The summed E-state index contributed by atoms with van der Waals surface area (Å²) < 4.78 is 0. The van der Waals surface area contributed by atoms with Gasteiger partial charge in [-0.25, -0.2) is 0 Å². The Morgan fingerprint density at radius 2 is 2.17 bits per heavy atom. The van der Waals surface area contributed by atoms with E-state index in [9.17, 15) is 4.79 Å². The smallest absolute Gasteiger partial charge is 0.423 e. The van der Waals surface area contributed by atoms with Crippen molar-refractivity contribution in [3.8, 4) is 0 Å². The number of nitrogens with zero attached hydrogens (tertiary/aromatic N) is 1. The quantitative estimate of drug-likeness (QED) is 0.633. The maximum atomic E-state index is 11.9. The Morgan fingerprint density at radius 1 is 1.44 bits per heavy atom. The molecule has 1 aliphatic heterocycles. The molecule has 2 N–H and O–H groups in total. The van der Waals surface area contributed by atoms with Crippen molar-refractivity contribution in [2.75, 3.05) is 17.3 Å². The minimum absolute atomic E-state index is 0.0490. The van der Waals surface area contributed by atoms with Crippen LogP contribution in [-0.2, 0) is 4.79 Å². The van der Waals surface area contributed by atoms with Crippen molar-refractivity contribution in [3.63, 3.8) is 0 Å². The van der Waals surface area contributed by atoms with Gasteiger partial charge in [-0.15, -0.1) is 11.6 Å². The summed E-state index contributed by atoms with van der Waals surface area (Å²) in [5, 5.41) is 18.7. The molecule has 0 spiro atoms. The first-order valence-corrected chi connectivity index (χ1v) is 6.46. The van der Waals surface area contributed by atoms with E-state index in [1.165, 1.54) is 12.1 Å². The summed E-state index contributed by atoms with van der Waals surface area (Å²) in [5.74, 6) is 0.479. The SMILES string of the molecule is O=C1CC(CCl)CN1c1cc(B(O)O)ccc1Cl. The Hall–Kier alpha value is -0.745. The Balaban J connectivity index is 2.33. The van der Waals surface area contributed by atoms with Gasteiger partial charge >= 0.3 is 7.12 Å². The summed E-state index contributed by atoms with van der Waals surface area (Å²) in [4.78, 5) is 13.4. The zero-order valence-electron chi connectivity index (χ0n) is 9.51. The van der Waals surface area contributed by atoms with Gasteiger partial charge in [-0.05, 0) is 23.5 Å². The second kappa shape index (κ2) is 5.49. The zero-order valence-corrected chi connectivity index (χ0v) is 11.0. The van der Waals surface area contributed by atoms with Gasteiger partial charge in [0.1, 0.15) is 0 Å². The van der Waals surface area contributed by atoms with Crippen molar-refractivity contribution in [3.05, 3.63) is 23.2 Å². The van der Waals surface area contributed by atoms with Crippen molar-refractivity contribution in [1.82, 2.24) is 0 Å². The van der Waals surface area contributed by atoms with Crippen molar-refractivity contribution >= 4 is 47.4 Å². The van der Waals surface area contributed by atoms with Crippen LogP contribution in [-0.4, -0.2) is 35.5 Å². The van der Waals surface area contributed by atoms with Crippen molar-refractivity contribution in [2.24, 2.45) is 5.92 Å². The van der Waals surface area contributed by atoms with Crippen LogP contribution < -0.4 is 10.4 Å². The highest BCUT2D eigenvalue weighted by Gasteiger charge is 2.31. The molecule has 1 heterocycles. The molecule has 18 heavy (non-hydrogen) atoms. The maximum Gasteiger partial charge on any atom is 0.488 e. The molecule has 0 aromatic heterocycles. The third-order valence-electron chi connectivity index (χ3n) is 2.98. The minimum Gasteiger partial charge on any atom is -0.423 e. The van der Waals surface area contributed by atoms with E-state index in [1.807, 2.05) is 0 Å². The van der Waals surface area contributed by atoms with Crippen LogP contribution in [0.4, 0.5) is 5.69 Å². The van der Waals surface area contributed by atoms with Crippen LogP contribution in [0.25, 0.3) is 0 Å². The van der Waals surface area contributed by atoms with Gasteiger partial charge in [0.05, 0.1) is 10.7 Å². The van der Waals surface area contributed by atoms with Crippen LogP contribution >= 0.6 is 23.2 Å². The van der Waals surface area contributed by atoms with E-state index < -0.39 is 7.12 Å². The predicted molar refractivity (Wildman–Crippen MR) is 72.5 cm³/mol. The number of anilines is 1. The third-order valence-corrected chi connectivity index (χ3v) is 3.74. The molecule has 1 fully saturated rings. The van der Waals surface area contributed by atoms with E-state index in [-0.39, 0.29) is 11.8 Å². The van der Waals surface area contributed by atoms with Crippen molar-refractivity contribution in [2.45, 2.75) is 6.42 Å². The molecule has 4 nitrogen and oxygen atoms in total. The van der Waals surface area contributed by atoms with Gasteiger partial charge in [-0.2, -0.15) is 0 Å². The molecule has 1 amide bonds. The highest BCUT2D eigenvalue weighted by Crippen LogP contribution is 2.30. The van der Waals surface area contributed by atoms with Crippen LogP contribution in [0.3, 0.4) is 0 Å². The van der Waals surface area contributed by atoms with Gasteiger partial charge in [0, 0.05) is 18.8 Å². The standard InChI is InChI=1S/C11H12BCl2NO3/c13-5-7-3-11(16)15(6-7)10-4-8(12(17)18)1-2-9(10)14/h1-2,4,7,17-18H,3,5-6H2. The summed E-state index contributed by atoms with van der Waals surface area (Å²) in [7, 11) is -1.58. The van der Waals surface area contributed by atoms with Crippen LogP contribution in [0.15, 0.2) is 18.2 Å². The van der Waals surface area contributed by atoms with E-state index in [0.29, 0.717) is 35.0 Å². The Labute approximate surface area is 115 Å². The van der Waals surface area contributed by atoms with Crippen molar-refractivity contribution < 1.29 is 14.8 Å². The molecule has 2 rings (SSSR count). The highest BCUT2D eigenvalue weighted by molar-refractivity contribution is 6.59. The third kappa shape index (κ3) is 2.64. The fourth-order valence-corrected chi connectivity index (χ4v) is 2.44. The normalized spacial score (nSPS) is 19.4. The van der Waals surface area contributed by atoms with Gasteiger partial charge in [0.15, 0.2) is 0 Å². The Morgan fingerprint density at radius 3 is 2.72 bits per heavy atom. The van der Waals surface area contributed by atoms with Crippen LogP contribution in [0.1, 0.15) is 6.42 Å². The van der Waals surface area contributed by atoms with Gasteiger partial charge in [-0.1, -0.05) is 17.7 Å². The molecule has 1 aromatic rings. The first-order valence-electron chi connectivity index (χ1n) is 5.55. The lowest BCUT2D eigenvalue weighted by molar-refractivity contribution is -0.117. The fraction of sp³-hybridized carbons (Fsp3) is 0.364. The molecule has 7 heteroatoms. The lowest BCUT2D eigenvalue weighted by Crippen LogP contribution is -2.32. The number of amides is 1. The summed E-state index contributed by atoms with van der Waals surface area (Å²) in [6.45, 7) is 0.507. The summed E-state index contributed by atoms with van der Waals surface area (Å²) in [5.41, 5.74) is 0.802. The van der Waals surface area contributed by atoms with Gasteiger partial charge < -0.3 is 14.9 Å². The van der Waals surface area contributed by atoms with E-state index in [1.54, 1.807) is 11.0 Å². The fourth-order valence-electron chi connectivity index (χ4n) is 2.01. The van der Waals surface area contributed by atoms with Gasteiger partial charge in [-0.3, -0.25) is 4.79 Å². The predicted octanol–water partition coefficient (Wildman–Crippen LogP) is 0.611. The second-order valence-corrected chi connectivity index (χ2v) is 5.03. The highest BCUT2D eigenvalue weighted by atomic mass is 35.5. The summed E-state index contributed by atoms with van der Waals surface area (Å²) in [6.07, 6.45) is 0.395. The molecule has 1 saturated heterocycles. The largest absolute Gasteiger partial charge is 0.488 e. The van der Waals surface area contributed by atoms with Gasteiger partial charge in [0.25, 0.3) is 0 Å². The monoisotopic (exact) mass is 287 g/mol. The zero-order chi connectivity index (χ0) is 13.3. The molecule has 1 aliphatic rings. The molecule has 0 saturated carbocycles. The van der Waals surface area contributed by atoms with E-state index in [2.05, 4.69) is 0 Å². The Bertz CT molecular complexity index is 470. The average Bonchev–Trinajstić information content (AvgIpc) is 2.71. The first kappa shape index (κ1) is 13.7. The summed E-state index contributed by atoms with van der Waals surface area (Å²) in [6, 6.07) is 4.57. The number of rotatable bonds is 3. The van der Waals surface area contributed by atoms with E-state index >= 15 is 0 Å². The molecule has 0 bridgehead atoms. The molecule has 1 aromatic carbocycles. The number of benzene rings is 1. The second-order valence-electron chi connectivity index (χ2n) is 4.31. The number of hydrogen-bond acceptors (Lipinski definition) is 3. The number of carbonyl (C=O) groups excluding carboxylic acids is 1. The van der Waals surface area contributed by atoms with Crippen LogP contribution in [0.2, 0.25) is 5.02 Å². The van der Waals surface area contributed by atoms with Gasteiger partial charge in [0.2, 0.25) is 5.91 Å². The number of carbonyl (C=O) groups is 1. The van der Waals surface area contributed by atoms with E-state index in [0.717, 1.165) is 0 Å². The number of halogens is 2. The minimum atomic E-state index is -1.58. The average molecular weight is 288 g/mol. The number of hydrogen-bond donors (Lipinski definition) is 2. The van der Waals surface area contributed by atoms with Crippen LogP contribution in [0, 0.1) is 5.92 Å². The van der Waals surface area contributed by atoms with E-state index in [4.69, 9.17) is 33.2 Å². The lowest BCUT2D eigenvalue weighted by atomic mass is 9.80. The molecule has 0 radical (unpaired) electrons. The molecule has 96 valence electrons. The molecular formula is C11H12BCl2NO3. The van der Waals surface area contributed by atoms with Crippen LogP contribution in [0.5, 0.6) is 0 Å². The Kier molecular flexibility index (Phi) is 4.17. The molecule has 1 unspecified atom stereocenters. The lowest BCUT2D eigenvalue weighted by Gasteiger charge is -2.19. The molecular weight excluding hydrogens is 276 g/mol. The first-order chi connectivity index (χ1) is 8.52. The number of alkyl halides is 1. The van der Waals surface area contributed by atoms with Crippen molar-refractivity contribution in [1.29, 1.82) is 0 Å². The maximum absolute atomic E-state index is 11.9. The topological polar surface area (TPSA) is 60.8 Å². The molecule has 0 aliphatic carbocycles. The molecule has 1 atom stereocenters. The summed E-state index contributed by atoms with van der Waals surface area (Å²) >= 11 is 11.8.